The maximum absolute atomic E-state index is 12.4. The van der Waals surface area contributed by atoms with Gasteiger partial charge in [-0.25, -0.2) is 14.2 Å². The van der Waals surface area contributed by atoms with Gasteiger partial charge in [0.25, 0.3) is 10.0 Å². The fourth-order valence-electron chi connectivity index (χ4n) is 1.91. The third-order valence-electron chi connectivity index (χ3n) is 2.93. The van der Waals surface area contributed by atoms with E-state index in [4.69, 9.17) is 0 Å². The first-order chi connectivity index (χ1) is 10.6. The Kier molecular flexibility index (Phi) is 4.28. The van der Waals surface area contributed by atoms with Gasteiger partial charge in [0.15, 0.2) is 0 Å². The van der Waals surface area contributed by atoms with Crippen LogP contribution in [0.2, 0.25) is 0 Å². The first kappa shape index (κ1) is 16.7. The molecule has 1 amide bonds. The molecule has 0 bridgehead atoms. The Bertz CT molecular complexity index is 947. The van der Waals surface area contributed by atoms with Crippen LogP contribution in [0.5, 0.6) is 0 Å². The van der Waals surface area contributed by atoms with Crippen LogP contribution in [-0.4, -0.2) is 23.0 Å². The van der Waals surface area contributed by atoms with Crippen molar-refractivity contribution in [1.29, 1.82) is 0 Å². The van der Waals surface area contributed by atoms with E-state index >= 15 is 0 Å². The van der Waals surface area contributed by atoms with Crippen LogP contribution >= 0.6 is 0 Å². The molecule has 0 saturated heterocycles. The SMILES string of the molecule is CC(=O)Nc1ccc(S(=O)(=O)n2oc(=O)n(C(C)C)c2=O)cc1. The summed E-state index contributed by atoms with van der Waals surface area (Å²) in [7, 11) is -4.35. The van der Waals surface area contributed by atoms with Crippen LogP contribution in [0.4, 0.5) is 5.69 Å². The molecule has 124 valence electrons. The van der Waals surface area contributed by atoms with E-state index in [0.29, 0.717) is 10.3 Å². The molecular formula is C13H15N3O6S. The smallest absolute Gasteiger partial charge is 0.326 e. The van der Waals surface area contributed by atoms with Gasteiger partial charge >= 0.3 is 11.4 Å². The highest BCUT2D eigenvalue weighted by molar-refractivity contribution is 7.89. The minimum atomic E-state index is -4.35. The number of hydrogen-bond donors (Lipinski definition) is 1. The molecule has 0 aliphatic rings. The lowest BCUT2D eigenvalue weighted by Crippen LogP contribution is -2.32. The molecular weight excluding hydrogens is 326 g/mol. The van der Waals surface area contributed by atoms with Crippen molar-refractivity contribution in [1.82, 2.24) is 8.71 Å². The second kappa shape index (κ2) is 5.88. The van der Waals surface area contributed by atoms with Crippen LogP contribution in [0.1, 0.15) is 26.8 Å². The van der Waals surface area contributed by atoms with Gasteiger partial charge in [-0.05, 0) is 42.3 Å². The molecule has 0 spiro atoms. The molecule has 10 heteroatoms. The molecule has 1 heterocycles. The molecule has 2 aromatic rings. The second-order valence-corrected chi connectivity index (χ2v) is 6.79. The molecule has 0 aliphatic heterocycles. The van der Waals surface area contributed by atoms with Crippen molar-refractivity contribution in [3.8, 4) is 0 Å². The number of rotatable bonds is 4. The fourth-order valence-corrected chi connectivity index (χ4v) is 3.04. The van der Waals surface area contributed by atoms with E-state index in [1.165, 1.54) is 31.2 Å². The summed E-state index contributed by atoms with van der Waals surface area (Å²) in [5, 5.41) is 2.48. The molecule has 0 saturated carbocycles. The van der Waals surface area contributed by atoms with Crippen molar-refractivity contribution in [2.45, 2.75) is 31.7 Å². The van der Waals surface area contributed by atoms with Gasteiger partial charge in [0.1, 0.15) is 0 Å². The largest absolute Gasteiger partial charge is 0.443 e. The van der Waals surface area contributed by atoms with Gasteiger partial charge in [0.2, 0.25) is 5.91 Å². The van der Waals surface area contributed by atoms with Gasteiger partial charge < -0.3 is 9.84 Å². The van der Waals surface area contributed by atoms with Gasteiger partial charge in [0, 0.05) is 18.7 Å². The van der Waals surface area contributed by atoms with Gasteiger partial charge in [-0.3, -0.25) is 4.79 Å². The van der Waals surface area contributed by atoms with Gasteiger partial charge in [-0.2, -0.15) is 8.42 Å². The molecule has 0 aliphatic carbocycles. The summed E-state index contributed by atoms with van der Waals surface area (Å²) in [5.74, 6) is -1.36. The number of anilines is 1. The minimum absolute atomic E-state index is 0.0583. The Morgan fingerprint density at radius 2 is 1.74 bits per heavy atom. The average Bonchev–Trinajstić information content (AvgIpc) is 2.74. The summed E-state index contributed by atoms with van der Waals surface area (Å²) in [5.41, 5.74) is -0.680. The van der Waals surface area contributed by atoms with E-state index in [0.717, 1.165) is 0 Å². The van der Waals surface area contributed by atoms with Crippen molar-refractivity contribution in [2.24, 2.45) is 0 Å². The second-order valence-electron chi connectivity index (χ2n) is 5.04. The lowest BCUT2D eigenvalue weighted by Gasteiger charge is -2.05. The van der Waals surface area contributed by atoms with E-state index < -0.39 is 27.5 Å². The van der Waals surface area contributed by atoms with Crippen molar-refractivity contribution < 1.29 is 17.7 Å². The Hall–Kier alpha value is -2.62. The number of aromatic nitrogens is 2. The van der Waals surface area contributed by atoms with Crippen molar-refractivity contribution in [3.05, 3.63) is 45.3 Å². The normalized spacial score (nSPS) is 11.7. The fraction of sp³-hybridized carbons (Fsp3) is 0.308. The molecule has 0 radical (unpaired) electrons. The van der Waals surface area contributed by atoms with Crippen LogP contribution < -0.4 is 16.8 Å². The number of nitrogens with zero attached hydrogens (tertiary/aromatic N) is 2. The summed E-state index contributed by atoms with van der Waals surface area (Å²) >= 11 is 0. The van der Waals surface area contributed by atoms with Crippen LogP contribution in [0, 0.1) is 0 Å². The zero-order valence-electron chi connectivity index (χ0n) is 12.6. The number of nitrogens with one attached hydrogen (secondary N) is 1. The summed E-state index contributed by atoms with van der Waals surface area (Å²) in [6.45, 7) is 4.42. The van der Waals surface area contributed by atoms with Gasteiger partial charge in [0.05, 0.1) is 4.90 Å². The number of carbonyl (C=O) groups is 1. The highest BCUT2D eigenvalue weighted by atomic mass is 32.2. The Morgan fingerprint density at radius 1 is 1.17 bits per heavy atom. The first-order valence-corrected chi connectivity index (χ1v) is 8.06. The van der Waals surface area contributed by atoms with E-state index in [9.17, 15) is 22.8 Å². The predicted molar refractivity (Wildman–Crippen MR) is 80.9 cm³/mol. The highest BCUT2D eigenvalue weighted by Crippen LogP contribution is 2.16. The highest BCUT2D eigenvalue weighted by Gasteiger charge is 2.26. The molecule has 0 unspecified atom stereocenters. The Labute approximate surface area is 131 Å². The number of amides is 1. The third-order valence-corrected chi connectivity index (χ3v) is 4.46. The standard InChI is InChI=1S/C13H15N3O6S/c1-8(2)15-12(18)16(22-13(15)19)23(20,21)11-6-4-10(5-7-11)14-9(3)17/h4-8H,1-3H3,(H,14,17). The van der Waals surface area contributed by atoms with Crippen LogP contribution in [0.25, 0.3) is 0 Å². The first-order valence-electron chi connectivity index (χ1n) is 6.62. The quantitative estimate of drug-likeness (QED) is 0.858. The predicted octanol–water partition coefficient (Wildman–Crippen LogP) is 0.379. The molecule has 0 atom stereocenters. The lowest BCUT2D eigenvalue weighted by atomic mass is 10.3. The van der Waals surface area contributed by atoms with E-state index in [1.807, 2.05) is 0 Å². The molecule has 1 aromatic heterocycles. The molecule has 0 fully saturated rings. The van der Waals surface area contributed by atoms with Crippen molar-refractivity contribution >= 4 is 21.6 Å². The number of benzene rings is 1. The molecule has 9 nitrogen and oxygen atoms in total. The minimum Gasteiger partial charge on any atom is -0.326 e. The maximum Gasteiger partial charge on any atom is 0.443 e. The number of hydrogen-bond acceptors (Lipinski definition) is 6. The topological polar surface area (TPSA) is 120 Å². The molecule has 1 N–H and O–H groups in total. The molecule has 23 heavy (non-hydrogen) atoms. The summed E-state index contributed by atoms with van der Waals surface area (Å²) in [6.07, 6.45) is 0. The van der Waals surface area contributed by atoms with Crippen LogP contribution in [0.3, 0.4) is 0 Å². The van der Waals surface area contributed by atoms with Gasteiger partial charge in [-0.1, -0.05) is 0 Å². The lowest BCUT2D eigenvalue weighted by molar-refractivity contribution is -0.114. The Morgan fingerprint density at radius 3 is 2.17 bits per heavy atom. The zero-order valence-corrected chi connectivity index (χ0v) is 13.5. The van der Waals surface area contributed by atoms with E-state index in [1.54, 1.807) is 13.8 Å². The van der Waals surface area contributed by atoms with Crippen LogP contribution in [0.15, 0.2) is 43.3 Å². The van der Waals surface area contributed by atoms with E-state index in [-0.39, 0.29) is 14.9 Å². The number of carbonyl (C=O) groups excluding carboxylic acids is 1. The molecule has 1 aromatic carbocycles. The summed E-state index contributed by atoms with van der Waals surface area (Å²) < 4.78 is 30.1. The van der Waals surface area contributed by atoms with Crippen molar-refractivity contribution in [2.75, 3.05) is 5.32 Å². The third kappa shape index (κ3) is 3.11. The van der Waals surface area contributed by atoms with Crippen LogP contribution in [-0.2, 0) is 14.8 Å². The maximum atomic E-state index is 12.4. The monoisotopic (exact) mass is 341 g/mol. The summed E-state index contributed by atoms with van der Waals surface area (Å²) in [4.78, 5) is 34.4. The zero-order chi connectivity index (χ0) is 17.4. The molecule has 2 rings (SSSR count). The van der Waals surface area contributed by atoms with Crippen molar-refractivity contribution in [3.63, 3.8) is 0 Å². The summed E-state index contributed by atoms with van der Waals surface area (Å²) in [6, 6.07) is 4.56. The van der Waals surface area contributed by atoms with Gasteiger partial charge in [-0.15, -0.1) is 0 Å². The Balaban J connectivity index is 2.51. The van der Waals surface area contributed by atoms with E-state index in [2.05, 4.69) is 9.84 Å². The average molecular weight is 341 g/mol.